The van der Waals surface area contributed by atoms with Gasteiger partial charge in [-0.1, -0.05) is 12.1 Å². The van der Waals surface area contributed by atoms with Gasteiger partial charge in [-0.25, -0.2) is 4.79 Å². The normalized spacial score (nSPS) is 23.4. The first-order chi connectivity index (χ1) is 11.3. The molecule has 0 aromatic heterocycles. The van der Waals surface area contributed by atoms with Crippen LogP contribution in [0.1, 0.15) is 41.5 Å². The van der Waals surface area contributed by atoms with E-state index in [1.165, 1.54) is 4.90 Å². The maximum Gasteiger partial charge on any atom is 0.408 e. The first-order valence-corrected chi connectivity index (χ1v) is 7.82. The molecule has 128 valence electrons. The molecule has 0 bridgehead atoms. The molecule has 1 aromatic carbocycles. The van der Waals surface area contributed by atoms with Gasteiger partial charge in [0, 0.05) is 0 Å². The molecule has 2 aliphatic rings. The van der Waals surface area contributed by atoms with E-state index >= 15 is 0 Å². The highest BCUT2D eigenvalue weighted by Gasteiger charge is 2.45. The van der Waals surface area contributed by atoms with Crippen LogP contribution in [0.5, 0.6) is 0 Å². The summed E-state index contributed by atoms with van der Waals surface area (Å²) < 4.78 is 10.6. The van der Waals surface area contributed by atoms with Gasteiger partial charge in [-0.2, -0.15) is 0 Å². The van der Waals surface area contributed by atoms with Crippen molar-refractivity contribution in [2.45, 2.75) is 38.5 Å². The minimum Gasteiger partial charge on any atom is -0.444 e. The van der Waals surface area contributed by atoms with Crippen LogP contribution < -0.4 is 5.32 Å². The minimum absolute atomic E-state index is 0.186. The first kappa shape index (κ1) is 16.4. The van der Waals surface area contributed by atoms with Gasteiger partial charge in [0.15, 0.2) is 0 Å². The SMILES string of the molecule is CC(C)(C)OC(=O)NC1COCC1N1C(=O)c2ccccc2C1=O. The van der Waals surface area contributed by atoms with Crippen molar-refractivity contribution in [1.82, 2.24) is 10.2 Å². The van der Waals surface area contributed by atoms with Crippen molar-refractivity contribution in [2.75, 3.05) is 13.2 Å². The maximum absolute atomic E-state index is 12.6. The number of hydrogen-bond donors (Lipinski definition) is 1. The van der Waals surface area contributed by atoms with Crippen LogP contribution in [0.4, 0.5) is 4.79 Å². The first-order valence-electron chi connectivity index (χ1n) is 7.82. The van der Waals surface area contributed by atoms with Crippen LogP contribution in [-0.2, 0) is 9.47 Å². The van der Waals surface area contributed by atoms with Crippen molar-refractivity contribution in [3.05, 3.63) is 35.4 Å². The smallest absolute Gasteiger partial charge is 0.408 e. The molecule has 2 atom stereocenters. The number of benzene rings is 1. The number of alkyl carbamates (subject to hydrolysis) is 1. The summed E-state index contributed by atoms with van der Waals surface area (Å²) in [6, 6.07) is 5.64. The molecule has 3 rings (SSSR count). The summed E-state index contributed by atoms with van der Waals surface area (Å²) in [6.07, 6.45) is -0.598. The molecule has 24 heavy (non-hydrogen) atoms. The summed E-state index contributed by atoms with van der Waals surface area (Å²) in [4.78, 5) is 38.3. The molecule has 7 heteroatoms. The van der Waals surface area contributed by atoms with Gasteiger partial charge in [-0.3, -0.25) is 14.5 Å². The zero-order valence-corrected chi connectivity index (χ0v) is 13.9. The van der Waals surface area contributed by atoms with Gasteiger partial charge in [-0.15, -0.1) is 0 Å². The summed E-state index contributed by atoms with van der Waals surface area (Å²) in [5.41, 5.74) is 0.130. The third kappa shape index (κ3) is 2.99. The van der Waals surface area contributed by atoms with Crippen molar-refractivity contribution >= 4 is 17.9 Å². The van der Waals surface area contributed by atoms with Gasteiger partial charge >= 0.3 is 6.09 Å². The van der Waals surface area contributed by atoms with Crippen LogP contribution >= 0.6 is 0 Å². The van der Waals surface area contributed by atoms with E-state index in [2.05, 4.69) is 5.32 Å². The Labute approximate surface area is 139 Å². The number of hydrogen-bond acceptors (Lipinski definition) is 5. The second-order valence-corrected chi connectivity index (χ2v) is 6.88. The van der Waals surface area contributed by atoms with Gasteiger partial charge in [0.25, 0.3) is 11.8 Å². The predicted octanol–water partition coefficient (Wildman–Crippen LogP) is 1.57. The number of rotatable bonds is 2. The minimum atomic E-state index is -0.630. The summed E-state index contributed by atoms with van der Waals surface area (Å²) in [5, 5.41) is 2.70. The highest BCUT2D eigenvalue weighted by atomic mass is 16.6. The molecule has 3 amide bonds. The molecule has 1 saturated heterocycles. The molecule has 2 unspecified atom stereocenters. The van der Waals surface area contributed by atoms with Crippen LogP contribution in [-0.4, -0.2) is 53.7 Å². The molecule has 1 N–H and O–H groups in total. The lowest BCUT2D eigenvalue weighted by Gasteiger charge is -2.28. The van der Waals surface area contributed by atoms with Crippen molar-refractivity contribution in [3.63, 3.8) is 0 Å². The van der Waals surface area contributed by atoms with Crippen LogP contribution in [0.2, 0.25) is 0 Å². The molecule has 7 nitrogen and oxygen atoms in total. The second-order valence-electron chi connectivity index (χ2n) is 6.88. The predicted molar refractivity (Wildman–Crippen MR) is 84.7 cm³/mol. The fraction of sp³-hybridized carbons (Fsp3) is 0.471. The summed E-state index contributed by atoms with van der Waals surface area (Å²) in [5.74, 6) is -0.718. The van der Waals surface area contributed by atoms with E-state index < -0.39 is 23.8 Å². The van der Waals surface area contributed by atoms with Crippen LogP contribution in [0.15, 0.2) is 24.3 Å². The van der Waals surface area contributed by atoms with Crippen molar-refractivity contribution in [2.24, 2.45) is 0 Å². The fourth-order valence-corrected chi connectivity index (χ4v) is 2.90. The highest BCUT2D eigenvalue weighted by Crippen LogP contribution is 2.27. The number of imide groups is 1. The number of fused-ring (bicyclic) bond motifs is 1. The number of ether oxygens (including phenoxy) is 2. The topological polar surface area (TPSA) is 84.9 Å². The van der Waals surface area contributed by atoms with E-state index in [4.69, 9.17) is 9.47 Å². The van der Waals surface area contributed by atoms with Gasteiger partial charge in [-0.05, 0) is 32.9 Å². The second kappa shape index (κ2) is 5.90. The number of nitrogens with zero attached hydrogens (tertiary/aromatic N) is 1. The Kier molecular flexibility index (Phi) is 4.04. The average molecular weight is 332 g/mol. The van der Waals surface area contributed by atoms with E-state index in [9.17, 15) is 14.4 Å². The molecule has 1 fully saturated rings. The Bertz CT molecular complexity index is 659. The molecule has 1 aromatic rings. The van der Waals surface area contributed by atoms with E-state index in [0.717, 1.165) is 0 Å². The Morgan fingerprint density at radius 1 is 1.17 bits per heavy atom. The lowest BCUT2D eigenvalue weighted by molar-refractivity contribution is 0.0442. The largest absolute Gasteiger partial charge is 0.444 e. The molecular weight excluding hydrogens is 312 g/mol. The summed E-state index contributed by atoms with van der Waals surface area (Å²) >= 11 is 0. The Morgan fingerprint density at radius 2 is 1.75 bits per heavy atom. The monoisotopic (exact) mass is 332 g/mol. The van der Waals surface area contributed by atoms with Gasteiger partial charge < -0.3 is 14.8 Å². The number of carbonyl (C=O) groups is 3. The Morgan fingerprint density at radius 3 is 2.29 bits per heavy atom. The van der Waals surface area contributed by atoms with Gasteiger partial charge in [0.05, 0.1) is 36.4 Å². The third-order valence-electron chi connectivity index (χ3n) is 3.91. The number of amides is 3. The Balaban J connectivity index is 1.76. The molecular formula is C17H20N2O5. The molecule has 0 saturated carbocycles. The molecule has 2 heterocycles. The summed E-state index contributed by atoms with van der Waals surface area (Å²) in [7, 11) is 0. The summed E-state index contributed by atoms with van der Waals surface area (Å²) in [6.45, 7) is 5.70. The van der Waals surface area contributed by atoms with Gasteiger partial charge in [0.2, 0.25) is 0 Å². The molecule has 0 radical (unpaired) electrons. The quantitative estimate of drug-likeness (QED) is 0.831. The van der Waals surface area contributed by atoms with E-state index in [0.29, 0.717) is 11.1 Å². The standard InChI is InChI=1S/C17H20N2O5/c1-17(2,3)24-16(22)18-12-8-23-9-13(12)19-14(20)10-6-4-5-7-11(10)15(19)21/h4-7,12-13H,8-9H2,1-3H3,(H,18,22). The zero-order valence-electron chi connectivity index (χ0n) is 13.9. The van der Waals surface area contributed by atoms with Gasteiger partial charge in [0.1, 0.15) is 5.60 Å². The highest BCUT2D eigenvalue weighted by molar-refractivity contribution is 6.21. The maximum atomic E-state index is 12.6. The van der Waals surface area contributed by atoms with Crippen molar-refractivity contribution in [3.8, 4) is 0 Å². The molecule has 0 spiro atoms. The lowest BCUT2D eigenvalue weighted by Crippen LogP contribution is -2.53. The van der Waals surface area contributed by atoms with Crippen LogP contribution in [0.3, 0.4) is 0 Å². The Hall–Kier alpha value is -2.41. The van der Waals surface area contributed by atoms with Crippen LogP contribution in [0, 0.1) is 0 Å². The molecule has 0 aliphatic carbocycles. The lowest BCUT2D eigenvalue weighted by atomic mass is 10.1. The zero-order chi connectivity index (χ0) is 17.5. The fourth-order valence-electron chi connectivity index (χ4n) is 2.90. The van der Waals surface area contributed by atoms with E-state index in [1.54, 1.807) is 45.0 Å². The number of carbonyl (C=O) groups excluding carboxylic acids is 3. The van der Waals surface area contributed by atoms with Crippen LogP contribution in [0.25, 0.3) is 0 Å². The van der Waals surface area contributed by atoms with E-state index in [1.807, 2.05) is 0 Å². The third-order valence-corrected chi connectivity index (χ3v) is 3.91. The van der Waals surface area contributed by atoms with E-state index in [-0.39, 0.29) is 25.0 Å². The number of nitrogens with one attached hydrogen (secondary N) is 1. The molecule has 2 aliphatic heterocycles. The van der Waals surface area contributed by atoms with Crippen molar-refractivity contribution < 1.29 is 23.9 Å². The average Bonchev–Trinajstić information content (AvgIpc) is 3.01. The van der Waals surface area contributed by atoms with Crippen molar-refractivity contribution in [1.29, 1.82) is 0 Å².